The number of hydrogen-bond donors (Lipinski definition) is 3. The van der Waals surface area contributed by atoms with Crippen LogP contribution in [0.3, 0.4) is 0 Å². The summed E-state index contributed by atoms with van der Waals surface area (Å²) in [5.74, 6) is -0.630. The van der Waals surface area contributed by atoms with Crippen LogP contribution in [-0.4, -0.2) is 33.7 Å². The van der Waals surface area contributed by atoms with Gasteiger partial charge in [0.15, 0.2) is 0 Å². The zero-order valence-electron chi connectivity index (χ0n) is 10.3. The molecule has 1 fully saturated rings. The number of aromatic carboxylic acids is 1. The van der Waals surface area contributed by atoms with Gasteiger partial charge in [0.05, 0.1) is 6.20 Å². The molecule has 0 saturated heterocycles. The lowest BCUT2D eigenvalue weighted by molar-refractivity contribution is 0.0690. The number of aromatic amines is 1. The second kappa shape index (κ2) is 5.13. The number of carbonyl (C=O) groups is 2. The van der Waals surface area contributed by atoms with Crippen LogP contribution >= 0.6 is 0 Å². The normalized spacial score (nSPS) is 16.2. The standard InChI is InChI=1S/C12H15N3O4/c1-2-6-19-11(18)15-12(4-3-5-12)10-13-7-8(14-10)9(16)17/h2,7H,1,3-6H2,(H,13,14)(H,15,18)(H,16,17). The minimum atomic E-state index is -1.08. The summed E-state index contributed by atoms with van der Waals surface area (Å²) in [7, 11) is 0. The second-order valence-corrected chi connectivity index (χ2v) is 4.40. The lowest BCUT2D eigenvalue weighted by Crippen LogP contribution is -2.51. The zero-order chi connectivity index (χ0) is 13.9. The number of rotatable bonds is 5. The molecule has 3 N–H and O–H groups in total. The highest BCUT2D eigenvalue weighted by molar-refractivity contribution is 5.85. The van der Waals surface area contributed by atoms with E-state index in [-0.39, 0.29) is 12.3 Å². The summed E-state index contributed by atoms with van der Waals surface area (Å²) in [5.41, 5.74) is -0.645. The molecule has 7 nitrogen and oxygen atoms in total. The summed E-state index contributed by atoms with van der Waals surface area (Å²) in [4.78, 5) is 29.2. The van der Waals surface area contributed by atoms with E-state index in [9.17, 15) is 9.59 Å². The largest absolute Gasteiger partial charge is 0.477 e. The van der Waals surface area contributed by atoms with Crippen LogP contribution < -0.4 is 5.32 Å². The smallest absolute Gasteiger partial charge is 0.408 e. The highest BCUT2D eigenvalue weighted by Crippen LogP contribution is 2.39. The molecule has 1 heterocycles. The summed E-state index contributed by atoms with van der Waals surface area (Å²) < 4.78 is 4.87. The molecule has 102 valence electrons. The summed E-state index contributed by atoms with van der Waals surface area (Å²) in [6, 6.07) is 0. The molecule has 1 aromatic rings. The fourth-order valence-electron chi connectivity index (χ4n) is 1.99. The van der Waals surface area contributed by atoms with Crippen molar-refractivity contribution in [1.29, 1.82) is 0 Å². The average molecular weight is 265 g/mol. The number of nitrogens with one attached hydrogen (secondary N) is 2. The van der Waals surface area contributed by atoms with Crippen molar-refractivity contribution in [2.75, 3.05) is 6.61 Å². The third kappa shape index (κ3) is 2.59. The maximum absolute atomic E-state index is 11.6. The highest BCUT2D eigenvalue weighted by Gasteiger charge is 2.43. The first-order valence-corrected chi connectivity index (χ1v) is 5.92. The van der Waals surface area contributed by atoms with Crippen LogP contribution in [0.25, 0.3) is 0 Å². The molecule has 0 bridgehead atoms. The number of hydrogen-bond acceptors (Lipinski definition) is 4. The van der Waals surface area contributed by atoms with Crippen molar-refractivity contribution in [3.05, 3.63) is 30.4 Å². The van der Waals surface area contributed by atoms with Gasteiger partial charge in [-0.05, 0) is 19.3 Å². The van der Waals surface area contributed by atoms with E-state index in [4.69, 9.17) is 9.84 Å². The van der Waals surface area contributed by atoms with Gasteiger partial charge in [-0.3, -0.25) is 0 Å². The van der Waals surface area contributed by atoms with Crippen LogP contribution in [0, 0.1) is 0 Å². The summed E-state index contributed by atoms with van der Waals surface area (Å²) in [6.07, 6.45) is 4.49. The molecule has 0 radical (unpaired) electrons. The van der Waals surface area contributed by atoms with E-state index in [0.717, 1.165) is 6.42 Å². The van der Waals surface area contributed by atoms with E-state index >= 15 is 0 Å². The summed E-state index contributed by atoms with van der Waals surface area (Å²) >= 11 is 0. The van der Waals surface area contributed by atoms with Crippen molar-refractivity contribution >= 4 is 12.1 Å². The van der Waals surface area contributed by atoms with Crippen LogP contribution in [-0.2, 0) is 10.3 Å². The Morgan fingerprint density at radius 2 is 2.37 bits per heavy atom. The molecule has 1 aliphatic rings. The van der Waals surface area contributed by atoms with Gasteiger partial charge in [-0.1, -0.05) is 12.7 Å². The Kier molecular flexibility index (Phi) is 3.55. The van der Waals surface area contributed by atoms with Gasteiger partial charge in [0, 0.05) is 0 Å². The van der Waals surface area contributed by atoms with E-state index in [0.29, 0.717) is 18.7 Å². The first-order valence-electron chi connectivity index (χ1n) is 5.92. The Hall–Kier alpha value is -2.31. The number of carbonyl (C=O) groups excluding carboxylic acids is 1. The number of ether oxygens (including phenoxy) is 1. The Bertz CT molecular complexity index is 505. The second-order valence-electron chi connectivity index (χ2n) is 4.40. The molecule has 1 amide bonds. The van der Waals surface area contributed by atoms with Crippen molar-refractivity contribution in [1.82, 2.24) is 15.3 Å². The Morgan fingerprint density at radius 1 is 1.63 bits per heavy atom. The minimum absolute atomic E-state index is 0.00235. The van der Waals surface area contributed by atoms with Crippen molar-refractivity contribution in [3.63, 3.8) is 0 Å². The monoisotopic (exact) mass is 265 g/mol. The summed E-state index contributed by atoms with van der Waals surface area (Å²) in [5, 5.41) is 11.6. The lowest BCUT2D eigenvalue weighted by atomic mass is 9.76. The number of aromatic nitrogens is 2. The molecule has 19 heavy (non-hydrogen) atoms. The van der Waals surface area contributed by atoms with Crippen molar-refractivity contribution in [3.8, 4) is 0 Å². The van der Waals surface area contributed by atoms with Crippen LogP contribution in [0.1, 0.15) is 35.6 Å². The zero-order valence-corrected chi connectivity index (χ0v) is 10.3. The van der Waals surface area contributed by atoms with Gasteiger partial charge in [-0.2, -0.15) is 0 Å². The molecule has 1 aromatic heterocycles. The van der Waals surface area contributed by atoms with Gasteiger partial charge < -0.3 is 20.1 Å². The predicted octanol–water partition coefficient (Wildman–Crippen LogP) is 1.40. The number of carboxylic acids is 1. The number of nitrogens with zero attached hydrogens (tertiary/aromatic N) is 1. The summed E-state index contributed by atoms with van der Waals surface area (Å²) in [6.45, 7) is 3.58. The number of alkyl carbamates (subject to hydrolysis) is 1. The fraction of sp³-hybridized carbons (Fsp3) is 0.417. The Labute approximate surface area is 109 Å². The average Bonchev–Trinajstić information content (AvgIpc) is 2.81. The lowest BCUT2D eigenvalue weighted by Gasteiger charge is -2.40. The van der Waals surface area contributed by atoms with Crippen LogP contribution in [0.15, 0.2) is 18.9 Å². The van der Waals surface area contributed by atoms with Gasteiger partial charge in [0.25, 0.3) is 0 Å². The molecule has 0 aliphatic heterocycles. The maximum atomic E-state index is 11.6. The molecule has 0 spiro atoms. The number of amides is 1. The molecule has 1 aliphatic carbocycles. The van der Waals surface area contributed by atoms with Gasteiger partial charge in [-0.15, -0.1) is 0 Å². The molecule has 7 heteroatoms. The Balaban J connectivity index is 2.10. The van der Waals surface area contributed by atoms with Crippen molar-refractivity contribution in [2.24, 2.45) is 0 Å². The first-order chi connectivity index (χ1) is 9.07. The van der Waals surface area contributed by atoms with E-state index in [1.54, 1.807) is 0 Å². The van der Waals surface area contributed by atoms with E-state index in [1.165, 1.54) is 12.3 Å². The van der Waals surface area contributed by atoms with Crippen LogP contribution in [0.4, 0.5) is 4.79 Å². The SMILES string of the molecule is C=CCOC(=O)NC1(c2ncc(C(=O)O)[nH]2)CCC1. The first kappa shape index (κ1) is 13.1. The van der Waals surface area contributed by atoms with Crippen molar-refractivity contribution < 1.29 is 19.4 Å². The molecule has 2 rings (SSSR count). The number of carboxylic acid groups (broad SMARTS) is 1. The quantitative estimate of drug-likeness (QED) is 0.698. The molecule has 0 unspecified atom stereocenters. The number of H-pyrrole nitrogens is 1. The van der Waals surface area contributed by atoms with Gasteiger partial charge in [0.2, 0.25) is 0 Å². The molecular weight excluding hydrogens is 250 g/mol. The predicted molar refractivity (Wildman–Crippen MR) is 65.8 cm³/mol. The third-order valence-electron chi connectivity index (χ3n) is 3.14. The highest BCUT2D eigenvalue weighted by atomic mass is 16.5. The van der Waals surface area contributed by atoms with Crippen molar-refractivity contribution in [2.45, 2.75) is 24.8 Å². The molecule has 0 atom stereocenters. The minimum Gasteiger partial charge on any atom is -0.477 e. The maximum Gasteiger partial charge on any atom is 0.408 e. The fourth-order valence-corrected chi connectivity index (χ4v) is 1.99. The van der Waals surface area contributed by atoms with E-state index < -0.39 is 17.6 Å². The van der Waals surface area contributed by atoms with Crippen LogP contribution in [0.2, 0.25) is 0 Å². The third-order valence-corrected chi connectivity index (χ3v) is 3.14. The van der Waals surface area contributed by atoms with Gasteiger partial charge in [-0.25, -0.2) is 14.6 Å². The number of imidazole rings is 1. The molecular formula is C12H15N3O4. The van der Waals surface area contributed by atoms with Gasteiger partial charge in [0.1, 0.15) is 23.7 Å². The van der Waals surface area contributed by atoms with E-state index in [1.807, 2.05) is 0 Å². The van der Waals surface area contributed by atoms with Gasteiger partial charge >= 0.3 is 12.1 Å². The molecule has 1 saturated carbocycles. The topological polar surface area (TPSA) is 104 Å². The van der Waals surface area contributed by atoms with Crippen LogP contribution in [0.5, 0.6) is 0 Å². The Morgan fingerprint density at radius 3 is 2.84 bits per heavy atom. The molecule has 0 aromatic carbocycles. The van der Waals surface area contributed by atoms with E-state index in [2.05, 4.69) is 21.9 Å².